The van der Waals surface area contributed by atoms with Crippen molar-refractivity contribution in [2.45, 2.75) is 19.5 Å². The van der Waals surface area contributed by atoms with Crippen LogP contribution in [0.2, 0.25) is 0 Å². The van der Waals surface area contributed by atoms with Gasteiger partial charge in [-0.3, -0.25) is 9.59 Å². The number of oxazole rings is 1. The molecular weight excluding hydrogens is 348 g/mol. The monoisotopic (exact) mass is 366 g/mol. The maximum Gasteiger partial charge on any atom is 0.260 e. The van der Waals surface area contributed by atoms with Gasteiger partial charge in [0.15, 0.2) is 12.2 Å². The first-order valence-corrected chi connectivity index (χ1v) is 8.42. The van der Waals surface area contributed by atoms with Crippen molar-refractivity contribution in [2.24, 2.45) is 0 Å². The molecule has 2 amide bonds. The molecule has 8 nitrogen and oxygen atoms in total. The summed E-state index contributed by atoms with van der Waals surface area (Å²) in [6.45, 7) is 2.07. The summed E-state index contributed by atoms with van der Waals surface area (Å²) in [6, 6.07) is 5.04. The van der Waals surface area contributed by atoms with E-state index < -0.39 is 6.04 Å². The lowest BCUT2D eigenvalue weighted by molar-refractivity contribution is 0.0702. The molecule has 3 aromatic rings. The third-order valence-corrected chi connectivity index (χ3v) is 4.71. The van der Waals surface area contributed by atoms with Crippen LogP contribution in [0.4, 0.5) is 0 Å². The molecular formula is C19H18N4O4. The minimum absolute atomic E-state index is 0.0892. The fourth-order valence-electron chi connectivity index (χ4n) is 3.35. The van der Waals surface area contributed by atoms with Crippen molar-refractivity contribution in [1.82, 2.24) is 19.9 Å². The Hall–Kier alpha value is -3.42. The summed E-state index contributed by atoms with van der Waals surface area (Å²) >= 11 is 0. The molecule has 0 fully saturated rings. The zero-order valence-corrected chi connectivity index (χ0v) is 15.2. The van der Waals surface area contributed by atoms with E-state index in [9.17, 15) is 9.59 Å². The van der Waals surface area contributed by atoms with E-state index >= 15 is 0 Å². The molecule has 1 aliphatic rings. The number of fused-ring (bicyclic) bond motifs is 1. The van der Waals surface area contributed by atoms with Gasteiger partial charge in [0.2, 0.25) is 0 Å². The first-order valence-electron chi connectivity index (χ1n) is 8.42. The van der Waals surface area contributed by atoms with E-state index in [2.05, 4.69) is 10.1 Å². The molecule has 0 radical (unpaired) electrons. The highest BCUT2D eigenvalue weighted by molar-refractivity contribution is 5.96. The highest BCUT2D eigenvalue weighted by atomic mass is 16.5. The molecule has 0 unspecified atom stereocenters. The van der Waals surface area contributed by atoms with Gasteiger partial charge in [-0.1, -0.05) is 11.2 Å². The Kier molecular flexibility index (Phi) is 4.02. The van der Waals surface area contributed by atoms with Crippen LogP contribution in [0.1, 0.15) is 49.3 Å². The number of carbonyl (C=O) groups is 2. The van der Waals surface area contributed by atoms with Crippen LogP contribution in [0.5, 0.6) is 0 Å². The van der Waals surface area contributed by atoms with Gasteiger partial charge in [-0.05, 0) is 30.2 Å². The lowest BCUT2D eigenvalue weighted by Crippen LogP contribution is -2.30. The lowest BCUT2D eigenvalue weighted by Gasteiger charge is -2.23. The van der Waals surface area contributed by atoms with Crippen molar-refractivity contribution in [2.75, 3.05) is 14.1 Å². The van der Waals surface area contributed by atoms with Gasteiger partial charge in [-0.15, -0.1) is 0 Å². The number of hydrogen-bond acceptors (Lipinski definition) is 6. The fraction of sp³-hybridized carbons (Fsp3) is 0.263. The summed E-state index contributed by atoms with van der Waals surface area (Å²) in [5.74, 6) is 0.253. The molecule has 0 saturated heterocycles. The van der Waals surface area contributed by atoms with Gasteiger partial charge in [0.05, 0.1) is 11.9 Å². The number of nitrogens with zero attached hydrogens (tertiary/aromatic N) is 4. The van der Waals surface area contributed by atoms with Crippen molar-refractivity contribution in [3.05, 3.63) is 70.8 Å². The average Bonchev–Trinajstić information content (AvgIpc) is 3.38. The maximum atomic E-state index is 13.1. The Morgan fingerprint density at radius 3 is 2.74 bits per heavy atom. The molecule has 3 heterocycles. The lowest BCUT2D eigenvalue weighted by atomic mass is 10.00. The van der Waals surface area contributed by atoms with E-state index in [1.165, 1.54) is 17.6 Å². The summed E-state index contributed by atoms with van der Waals surface area (Å²) in [7, 11) is 3.41. The first-order chi connectivity index (χ1) is 13.0. The SMILES string of the molecule is Cc1nocc1C(=O)N1Cc2cc(C(=O)N(C)C)ccc2[C@@H]1c1cnco1. The molecule has 0 N–H and O–H groups in total. The van der Waals surface area contributed by atoms with E-state index in [1.54, 1.807) is 38.2 Å². The largest absolute Gasteiger partial charge is 0.446 e. The van der Waals surface area contributed by atoms with Crippen molar-refractivity contribution < 1.29 is 18.5 Å². The van der Waals surface area contributed by atoms with Crippen molar-refractivity contribution >= 4 is 11.8 Å². The normalized spacial score (nSPS) is 15.7. The van der Waals surface area contributed by atoms with E-state index in [1.807, 2.05) is 12.1 Å². The molecule has 27 heavy (non-hydrogen) atoms. The van der Waals surface area contributed by atoms with Crippen LogP contribution in [0.3, 0.4) is 0 Å². The number of carbonyl (C=O) groups excluding carboxylic acids is 2. The Balaban J connectivity index is 1.77. The van der Waals surface area contributed by atoms with Crippen molar-refractivity contribution in [3.8, 4) is 0 Å². The zero-order chi connectivity index (χ0) is 19.1. The van der Waals surface area contributed by atoms with E-state index in [0.717, 1.165) is 11.1 Å². The second-order valence-corrected chi connectivity index (χ2v) is 6.67. The number of rotatable bonds is 3. The van der Waals surface area contributed by atoms with E-state index in [0.29, 0.717) is 29.1 Å². The Bertz CT molecular complexity index is 1010. The molecule has 8 heteroatoms. The third kappa shape index (κ3) is 2.79. The third-order valence-electron chi connectivity index (χ3n) is 4.71. The van der Waals surface area contributed by atoms with E-state index in [-0.39, 0.29) is 11.8 Å². The maximum absolute atomic E-state index is 13.1. The van der Waals surface area contributed by atoms with Gasteiger partial charge in [0.25, 0.3) is 11.8 Å². The molecule has 2 aromatic heterocycles. The van der Waals surface area contributed by atoms with Crippen LogP contribution >= 0.6 is 0 Å². The van der Waals surface area contributed by atoms with Gasteiger partial charge in [0.1, 0.15) is 17.9 Å². The van der Waals surface area contributed by atoms with Crippen molar-refractivity contribution in [3.63, 3.8) is 0 Å². The molecule has 1 aromatic carbocycles. The Labute approximate surface area is 155 Å². The number of amides is 2. The molecule has 0 bridgehead atoms. The van der Waals surface area contributed by atoms with Gasteiger partial charge < -0.3 is 18.7 Å². The van der Waals surface area contributed by atoms with Gasteiger partial charge in [-0.25, -0.2) is 4.98 Å². The topological polar surface area (TPSA) is 92.7 Å². The second-order valence-electron chi connectivity index (χ2n) is 6.67. The highest BCUT2D eigenvalue weighted by Gasteiger charge is 2.38. The van der Waals surface area contributed by atoms with Crippen molar-refractivity contribution in [1.29, 1.82) is 0 Å². The zero-order valence-electron chi connectivity index (χ0n) is 15.2. The Morgan fingerprint density at radius 2 is 2.11 bits per heavy atom. The van der Waals surface area contributed by atoms with Crippen LogP contribution < -0.4 is 0 Å². The minimum atomic E-state index is -0.423. The number of hydrogen-bond donors (Lipinski definition) is 0. The fourth-order valence-corrected chi connectivity index (χ4v) is 3.35. The summed E-state index contributed by atoms with van der Waals surface area (Å²) in [6.07, 6.45) is 4.28. The predicted molar refractivity (Wildman–Crippen MR) is 93.9 cm³/mol. The molecule has 1 atom stereocenters. The van der Waals surface area contributed by atoms with Crippen LogP contribution in [0.15, 0.2) is 46.0 Å². The molecule has 1 aliphatic heterocycles. The second kappa shape index (κ2) is 6.39. The van der Waals surface area contributed by atoms with Gasteiger partial charge in [-0.2, -0.15) is 0 Å². The first kappa shape index (κ1) is 17.0. The molecule has 0 aliphatic carbocycles. The van der Waals surface area contributed by atoms with Crippen LogP contribution in [-0.4, -0.2) is 45.9 Å². The smallest absolute Gasteiger partial charge is 0.260 e. The van der Waals surface area contributed by atoms with Crippen LogP contribution in [-0.2, 0) is 6.54 Å². The van der Waals surface area contributed by atoms with Crippen LogP contribution in [0.25, 0.3) is 0 Å². The molecule has 0 saturated carbocycles. The molecule has 4 rings (SSSR count). The standard InChI is InChI=1S/C19H18N4O4/c1-11-15(9-27-21-11)19(25)23-8-13-6-12(18(24)22(2)3)4-5-14(13)17(23)16-7-20-10-26-16/h4-7,9-10,17H,8H2,1-3H3/t17-/m1/s1. The molecule has 0 spiro atoms. The highest BCUT2D eigenvalue weighted by Crippen LogP contribution is 2.40. The van der Waals surface area contributed by atoms with E-state index in [4.69, 9.17) is 8.94 Å². The summed E-state index contributed by atoms with van der Waals surface area (Å²) in [4.78, 5) is 32.6. The minimum Gasteiger partial charge on any atom is -0.446 e. The average molecular weight is 366 g/mol. The Morgan fingerprint density at radius 1 is 1.30 bits per heavy atom. The van der Waals surface area contributed by atoms with Gasteiger partial charge >= 0.3 is 0 Å². The van der Waals surface area contributed by atoms with Crippen LogP contribution in [0, 0.1) is 6.92 Å². The predicted octanol–water partition coefficient (Wildman–Crippen LogP) is 2.42. The van der Waals surface area contributed by atoms with Gasteiger partial charge in [0, 0.05) is 26.2 Å². The number of aryl methyl sites for hydroxylation is 1. The quantitative estimate of drug-likeness (QED) is 0.707. The summed E-state index contributed by atoms with van der Waals surface area (Å²) < 4.78 is 10.4. The summed E-state index contributed by atoms with van der Waals surface area (Å²) in [5, 5.41) is 3.79. The number of aromatic nitrogens is 2. The molecule has 138 valence electrons. The number of benzene rings is 1. The summed E-state index contributed by atoms with van der Waals surface area (Å²) in [5.41, 5.74) is 3.30.